The van der Waals surface area contributed by atoms with Crippen LogP contribution in [0.1, 0.15) is 48.2 Å². The first-order valence-electron chi connectivity index (χ1n) is 6.49. The molecule has 1 aliphatic rings. The molecule has 0 aliphatic heterocycles. The van der Waals surface area contributed by atoms with Gasteiger partial charge in [0.1, 0.15) is 0 Å². The number of amides is 1. The van der Waals surface area contributed by atoms with Crippen molar-refractivity contribution in [3.63, 3.8) is 0 Å². The normalized spacial score (nSPS) is 16.6. The second kappa shape index (κ2) is 5.70. The second-order valence-corrected chi connectivity index (χ2v) is 5.42. The SMILES string of the molecule is Cc1cc(Cl)c(C(=O)N(C)C2CCCCC2)cn1. The maximum absolute atomic E-state index is 12.4. The third-order valence-electron chi connectivity index (χ3n) is 3.66. The first kappa shape index (κ1) is 13.3. The lowest BCUT2D eigenvalue weighted by Crippen LogP contribution is -2.38. The zero-order valence-electron chi connectivity index (χ0n) is 10.9. The van der Waals surface area contributed by atoms with Gasteiger partial charge in [-0.2, -0.15) is 0 Å². The lowest BCUT2D eigenvalue weighted by Gasteiger charge is -2.31. The topological polar surface area (TPSA) is 33.2 Å². The zero-order chi connectivity index (χ0) is 13.1. The van der Waals surface area contributed by atoms with Crippen molar-refractivity contribution in [1.29, 1.82) is 0 Å². The zero-order valence-corrected chi connectivity index (χ0v) is 11.7. The minimum absolute atomic E-state index is 0.0144. The van der Waals surface area contributed by atoms with E-state index in [0.29, 0.717) is 16.6 Å². The van der Waals surface area contributed by atoms with Gasteiger partial charge in [-0.05, 0) is 25.8 Å². The summed E-state index contributed by atoms with van der Waals surface area (Å²) in [7, 11) is 1.87. The van der Waals surface area contributed by atoms with Crippen LogP contribution in [0.25, 0.3) is 0 Å². The van der Waals surface area contributed by atoms with Crippen LogP contribution in [-0.2, 0) is 0 Å². The van der Waals surface area contributed by atoms with Crippen LogP contribution in [0.2, 0.25) is 5.02 Å². The summed E-state index contributed by atoms with van der Waals surface area (Å²) in [4.78, 5) is 18.4. The molecule has 1 aliphatic carbocycles. The number of aromatic nitrogens is 1. The van der Waals surface area contributed by atoms with Crippen molar-refractivity contribution >= 4 is 17.5 Å². The molecule has 0 spiro atoms. The Kier molecular flexibility index (Phi) is 4.23. The van der Waals surface area contributed by atoms with Gasteiger partial charge in [-0.25, -0.2) is 0 Å². The lowest BCUT2D eigenvalue weighted by atomic mass is 9.94. The Hall–Kier alpha value is -1.09. The monoisotopic (exact) mass is 266 g/mol. The van der Waals surface area contributed by atoms with Crippen LogP contribution < -0.4 is 0 Å². The van der Waals surface area contributed by atoms with Crippen molar-refractivity contribution in [2.45, 2.75) is 45.1 Å². The molecule has 0 aromatic carbocycles. The quantitative estimate of drug-likeness (QED) is 0.821. The van der Waals surface area contributed by atoms with Crippen molar-refractivity contribution < 1.29 is 4.79 Å². The Labute approximate surface area is 113 Å². The summed E-state index contributed by atoms with van der Waals surface area (Å²) < 4.78 is 0. The minimum Gasteiger partial charge on any atom is -0.339 e. The standard InChI is InChI=1S/C14H19ClN2O/c1-10-8-13(15)12(9-16-10)14(18)17(2)11-6-4-3-5-7-11/h8-9,11H,3-7H2,1-2H3. The summed E-state index contributed by atoms with van der Waals surface area (Å²) in [5.41, 5.74) is 1.34. The highest BCUT2D eigenvalue weighted by atomic mass is 35.5. The van der Waals surface area contributed by atoms with Crippen molar-refractivity contribution in [2.24, 2.45) is 0 Å². The second-order valence-electron chi connectivity index (χ2n) is 5.01. The summed E-state index contributed by atoms with van der Waals surface area (Å²) in [6.45, 7) is 1.87. The molecular weight excluding hydrogens is 248 g/mol. The number of halogens is 1. The van der Waals surface area contributed by atoms with Crippen LogP contribution in [-0.4, -0.2) is 28.9 Å². The molecule has 3 nitrogen and oxygen atoms in total. The summed E-state index contributed by atoms with van der Waals surface area (Å²) in [6.07, 6.45) is 7.48. The van der Waals surface area contributed by atoms with E-state index in [9.17, 15) is 4.79 Å². The van der Waals surface area contributed by atoms with E-state index >= 15 is 0 Å². The first-order chi connectivity index (χ1) is 8.59. The molecule has 0 saturated heterocycles. The molecule has 0 N–H and O–H groups in total. The average molecular weight is 267 g/mol. The van der Waals surface area contributed by atoms with Gasteiger partial charge in [0.2, 0.25) is 0 Å². The molecule has 0 radical (unpaired) electrons. The predicted molar refractivity (Wildman–Crippen MR) is 73.0 cm³/mol. The molecule has 0 bridgehead atoms. The molecule has 1 saturated carbocycles. The maximum Gasteiger partial charge on any atom is 0.256 e. The highest BCUT2D eigenvalue weighted by Gasteiger charge is 2.24. The largest absolute Gasteiger partial charge is 0.339 e. The van der Waals surface area contributed by atoms with Crippen LogP contribution in [0.3, 0.4) is 0 Å². The van der Waals surface area contributed by atoms with E-state index in [0.717, 1.165) is 18.5 Å². The number of aryl methyl sites for hydroxylation is 1. The molecular formula is C14H19ClN2O. The number of hydrogen-bond acceptors (Lipinski definition) is 2. The molecule has 1 aromatic heterocycles. The van der Waals surface area contributed by atoms with Gasteiger partial charge in [-0.1, -0.05) is 30.9 Å². The minimum atomic E-state index is -0.0144. The van der Waals surface area contributed by atoms with Crippen LogP contribution in [0.15, 0.2) is 12.3 Å². The highest BCUT2D eigenvalue weighted by molar-refractivity contribution is 6.33. The number of pyridine rings is 1. The molecule has 4 heteroatoms. The molecule has 2 rings (SSSR count). The molecule has 18 heavy (non-hydrogen) atoms. The number of carbonyl (C=O) groups is 1. The Morgan fingerprint density at radius 2 is 2.06 bits per heavy atom. The van der Waals surface area contributed by atoms with E-state index in [-0.39, 0.29) is 5.91 Å². The Morgan fingerprint density at radius 3 is 2.67 bits per heavy atom. The van der Waals surface area contributed by atoms with Gasteiger partial charge in [0.15, 0.2) is 0 Å². The Morgan fingerprint density at radius 1 is 1.39 bits per heavy atom. The predicted octanol–water partition coefficient (Wildman–Crippen LogP) is 3.45. The summed E-state index contributed by atoms with van der Waals surface area (Å²) in [6, 6.07) is 2.09. The fourth-order valence-electron chi connectivity index (χ4n) is 2.51. The van der Waals surface area contributed by atoms with Crippen LogP contribution >= 0.6 is 11.6 Å². The van der Waals surface area contributed by atoms with E-state index in [1.807, 2.05) is 18.9 Å². The summed E-state index contributed by atoms with van der Waals surface area (Å²) >= 11 is 6.12. The third-order valence-corrected chi connectivity index (χ3v) is 3.98. The van der Waals surface area contributed by atoms with Crippen molar-refractivity contribution in [3.05, 3.63) is 28.5 Å². The fraction of sp³-hybridized carbons (Fsp3) is 0.571. The summed E-state index contributed by atoms with van der Waals surface area (Å²) in [5, 5.41) is 0.496. The number of hydrogen-bond donors (Lipinski definition) is 0. The average Bonchev–Trinajstić information content (AvgIpc) is 2.38. The molecule has 0 atom stereocenters. The number of rotatable bonds is 2. The van der Waals surface area contributed by atoms with Gasteiger partial charge >= 0.3 is 0 Å². The van der Waals surface area contributed by atoms with Gasteiger partial charge in [-0.15, -0.1) is 0 Å². The van der Waals surface area contributed by atoms with Gasteiger partial charge in [0, 0.05) is 25.0 Å². The van der Waals surface area contributed by atoms with Gasteiger partial charge < -0.3 is 4.90 Å². The lowest BCUT2D eigenvalue weighted by molar-refractivity contribution is 0.0696. The van der Waals surface area contributed by atoms with Gasteiger partial charge in [-0.3, -0.25) is 9.78 Å². The van der Waals surface area contributed by atoms with Crippen LogP contribution in [0.5, 0.6) is 0 Å². The molecule has 98 valence electrons. The van der Waals surface area contributed by atoms with E-state index < -0.39 is 0 Å². The summed E-state index contributed by atoms with van der Waals surface area (Å²) in [5.74, 6) is -0.0144. The van der Waals surface area contributed by atoms with Crippen molar-refractivity contribution in [3.8, 4) is 0 Å². The van der Waals surface area contributed by atoms with Crippen molar-refractivity contribution in [2.75, 3.05) is 7.05 Å². The van der Waals surface area contributed by atoms with E-state index in [1.54, 1.807) is 12.3 Å². The van der Waals surface area contributed by atoms with Crippen LogP contribution in [0, 0.1) is 6.92 Å². The van der Waals surface area contributed by atoms with Gasteiger partial charge in [0.25, 0.3) is 5.91 Å². The smallest absolute Gasteiger partial charge is 0.256 e. The molecule has 1 amide bonds. The number of carbonyl (C=O) groups excluding carboxylic acids is 1. The fourth-order valence-corrected chi connectivity index (χ4v) is 2.80. The molecule has 0 unspecified atom stereocenters. The molecule has 1 fully saturated rings. The van der Waals surface area contributed by atoms with Gasteiger partial charge in [0.05, 0.1) is 10.6 Å². The van der Waals surface area contributed by atoms with Crippen LogP contribution in [0.4, 0.5) is 0 Å². The van der Waals surface area contributed by atoms with E-state index in [1.165, 1.54) is 19.3 Å². The molecule has 1 aromatic rings. The third kappa shape index (κ3) is 2.83. The number of nitrogens with zero attached hydrogens (tertiary/aromatic N) is 2. The van der Waals surface area contributed by atoms with E-state index in [4.69, 9.17) is 11.6 Å². The Balaban J connectivity index is 2.14. The Bertz CT molecular complexity index is 441. The molecule has 1 heterocycles. The first-order valence-corrected chi connectivity index (χ1v) is 6.86. The highest BCUT2D eigenvalue weighted by Crippen LogP contribution is 2.24. The van der Waals surface area contributed by atoms with Crippen molar-refractivity contribution in [1.82, 2.24) is 9.88 Å². The van der Waals surface area contributed by atoms with E-state index in [2.05, 4.69) is 4.98 Å². The maximum atomic E-state index is 12.4.